The molecule has 106 valence electrons. The second kappa shape index (κ2) is 7.05. The molecule has 0 amide bonds. The van der Waals surface area contributed by atoms with Gasteiger partial charge in [-0.2, -0.15) is 0 Å². The van der Waals surface area contributed by atoms with Gasteiger partial charge >= 0.3 is 0 Å². The third kappa shape index (κ3) is 4.54. The molecule has 0 rings (SSSR count). The molecule has 0 saturated heterocycles. The zero-order valence-electron chi connectivity index (χ0n) is 12.5. The van der Waals surface area contributed by atoms with Crippen LogP contribution in [0.25, 0.3) is 0 Å². The highest BCUT2D eigenvalue weighted by molar-refractivity contribution is 6.00. The fourth-order valence-corrected chi connectivity index (χ4v) is 1.67. The maximum Gasteiger partial charge on any atom is 0.189 e. The summed E-state index contributed by atoms with van der Waals surface area (Å²) in [5.74, 6) is -0.0350. The van der Waals surface area contributed by atoms with Crippen LogP contribution in [0, 0.1) is 5.41 Å². The third-order valence-corrected chi connectivity index (χ3v) is 3.90. The molecule has 2 unspecified atom stereocenters. The second-order valence-corrected chi connectivity index (χ2v) is 5.61. The molecule has 0 heterocycles. The standard InChI is InChI=1S/C15H28O3/c1-7-14(5,11-16)9-10-18-15(6,8-2)13(17)12(3)4/h16H,3,7-11H2,1-2,4-6H3. The molecule has 0 aromatic rings. The summed E-state index contributed by atoms with van der Waals surface area (Å²) in [6.45, 7) is 13.8. The quantitative estimate of drug-likeness (QED) is 0.645. The number of aliphatic hydroxyl groups is 1. The van der Waals surface area contributed by atoms with Crippen molar-refractivity contribution < 1.29 is 14.6 Å². The molecular weight excluding hydrogens is 228 g/mol. The number of hydrogen-bond donors (Lipinski definition) is 1. The number of carbonyl (C=O) groups is 1. The van der Waals surface area contributed by atoms with E-state index in [9.17, 15) is 9.90 Å². The lowest BCUT2D eigenvalue weighted by Crippen LogP contribution is -2.39. The van der Waals surface area contributed by atoms with Crippen molar-refractivity contribution in [2.24, 2.45) is 5.41 Å². The first-order valence-electron chi connectivity index (χ1n) is 6.70. The van der Waals surface area contributed by atoms with E-state index in [1.54, 1.807) is 6.92 Å². The van der Waals surface area contributed by atoms with Crippen LogP contribution in [0.5, 0.6) is 0 Å². The number of carbonyl (C=O) groups excluding carboxylic acids is 1. The van der Waals surface area contributed by atoms with Crippen LogP contribution in [0.2, 0.25) is 0 Å². The van der Waals surface area contributed by atoms with Crippen LogP contribution in [0.1, 0.15) is 53.9 Å². The monoisotopic (exact) mass is 256 g/mol. The minimum absolute atomic E-state index is 0.0350. The van der Waals surface area contributed by atoms with Gasteiger partial charge in [-0.1, -0.05) is 27.4 Å². The Morgan fingerprint density at radius 2 is 1.83 bits per heavy atom. The largest absolute Gasteiger partial charge is 0.396 e. The van der Waals surface area contributed by atoms with Crippen molar-refractivity contribution in [3.05, 3.63) is 12.2 Å². The molecule has 0 aromatic heterocycles. The summed E-state index contributed by atoms with van der Waals surface area (Å²) in [6, 6.07) is 0. The zero-order valence-corrected chi connectivity index (χ0v) is 12.5. The Morgan fingerprint density at radius 1 is 1.28 bits per heavy atom. The van der Waals surface area contributed by atoms with E-state index >= 15 is 0 Å². The van der Waals surface area contributed by atoms with E-state index in [0.717, 1.165) is 12.8 Å². The SMILES string of the molecule is C=C(C)C(=O)C(C)(CC)OCCC(C)(CC)CO. The van der Waals surface area contributed by atoms with Gasteiger partial charge < -0.3 is 9.84 Å². The lowest BCUT2D eigenvalue weighted by molar-refractivity contribution is -0.140. The van der Waals surface area contributed by atoms with Gasteiger partial charge in [0.05, 0.1) is 0 Å². The molecule has 0 saturated carbocycles. The van der Waals surface area contributed by atoms with E-state index in [0.29, 0.717) is 18.6 Å². The number of Topliss-reactive ketones (excluding diaryl/α,β-unsaturated/α-hetero) is 1. The van der Waals surface area contributed by atoms with E-state index in [-0.39, 0.29) is 17.8 Å². The van der Waals surface area contributed by atoms with E-state index in [2.05, 4.69) is 6.58 Å². The molecule has 0 aliphatic heterocycles. The van der Waals surface area contributed by atoms with Crippen molar-refractivity contribution in [3.8, 4) is 0 Å². The molecule has 0 radical (unpaired) electrons. The Labute approximate surface area is 111 Å². The van der Waals surface area contributed by atoms with Crippen molar-refractivity contribution in [2.75, 3.05) is 13.2 Å². The molecule has 3 heteroatoms. The van der Waals surface area contributed by atoms with Gasteiger partial charge in [-0.3, -0.25) is 4.79 Å². The molecule has 0 aliphatic carbocycles. The Morgan fingerprint density at radius 3 is 2.17 bits per heavy atom. The number of rotatable bonds is 9. The highest BCUT2D eigenvalue weighted by Crippen LogP contribution is 2.27. The molecule has 2 atom stereocenters. The van der Waals surface area contributed by atoms with Crippen LogP contribution < -0.4 is 0 Å². The molecule has 0 aliphatic rings. The van der Waals surface area contributed by atoms with Crippen LogP contribution in [0.15, 0.2) is 12.2 Å². The van der Waals surface area contributed by atoms with Crippen molar-refractivity contribution in [3.63, 3.8) is 0 Å². The smallest absolute Gasteiger partial charge is 0.189 e. The fourth-order valence-electron chi connectivity index (χ4n) is 1.67. The molecule has 0 spiro atoms. The minimum atomic E-state index is -0.782. The predicted octanol–water partition coefficient (Wildman–Crippen LogP) is 3.12. The van der Waals surface area contributed by atoms with Gasteiger partial charge in [-0.05, 0) is 44.1 Å². The normalized spacial score (nSPS) is 17.9. The van der Waals surface area contributed by atoms with Crippen LogP contribution in [0.3, 0.4) is 0 Å². The van der Waals surface area contributed by atoms with Gasteiger partial charge in [0.15, 0.2) is 5.78 Å². The van der Waals surface area contributed by atoms with E-state index < -0.39 is 5.60 Å². The summed E-state index contributed by atoms with van der Waals surface area (Å²) in [7, 11) is 0. The summed E-state index contributed by atoms with van der Waals surface area (Å²) in [4.78, 5) is 12.0. The number of aliphatic hydroxyl groups excluding tert-OH is 1. The highest BCUT2D eigenvalue weighted by atomic mass is 16.5. The number of hydrogen-bond acceptors (Lipinski definition) is 3. The Kier molecular flexibility index (Phi) is 6.79. The summed E-state index contributed by atoms with van der Waals surface area (Å²) >= 11 is 0. The zero-order chi connectivity index (χ0) is 14.4. The van der Waals surface area contributed by atoms with Gasteiger partial charge in [-0.25, -0.2) is 0 Å². The van der Waals surface area contributed by atoms with Crippen molar-refractivity contribution in [2.45, 2.75) is 59.5 Å². The lowest BCUT2D eigenvalue weighted by Gasteiger charge is -2.31. The molecular formula is C15H28O3. The molecule has 0 aromatic carbocycles. The van der Waals surface area contributed by atoms with Gasteiger partial charge in [0.25, 0.3) is 0 Å². The van der Waals surface area contributed by atoms with Gasteiger partial charge in [-0.15, -0.1) is 0 Å². The Hall–Kier alpha value is -0.670. The number of ketones is 1. The molecule has 1 N–H and O–H groups in total. The summed E-state index contributed by atoms with van der Waals surface area (Å²) in [5, 5.41) is 9.33. The third-order valence-electron chi connectivity index (χ3n) is 3.90. The lowest BCUT2D eigenvalue weighted by atomic mass is 9.85. The average molecular weight is 256 g/mol. The van der Waals surface area contributed by atoms with E-state index in [1.807, 2.05) is 27.7 Å². The second-order valence-electron chi connectivity index (χ2n) is 5.61. The summed E-state index contributed by atoms with van der Waals surface area (Å²) in [5.41, 5.74) is -0.378. The summed E-state index contributed by atoms with van der Waals surface area (Å²) < 4.78 is 5.78. The molecule has 18 heavy (non-hydrogen) atoms. The first-order valence-corrected chi connectivity index (χ1v) is 6.70. The van der Waals surface area contributed by atoms with Crippen LogP contribution in [0.4, 0.5) is 0 Å². The molecule has 3 nitrogen and oxygen atoms in total. The predicted molar refractivity (Wildman–Crippen MR) is 74.6 cm³/mol. The summed E-state index contributed by atoms with van der Waals surface area (Å²) in [6.07, 6.45) is 2.27. The van der Waals surface area contributed by atoms with E-state index in [1.165, 1.54) is 0 Å². The first-order chi connectivity index (χ1) is 8.24. The fraction of sp³-hybridized carbons (Fsp3) is 0.800. The van der Waals surface area contributed by atoms with E-state index in [4.69, 9.17) is 4.74 Å². The van der Waals surface area contributed by atoms with Gasteiger partial charge in [0, 0.05) is 13.2 Å². The average Bonchev–Trinajstić information content (AvgIpc) is 2.37. The molecule has 0 bridgehead atoms. The Bertz CT molecular complexity index is 292. The Balaban J connectivity index is 4.49. The maximum absolute atomic E-state index is 12.0. The van der Waals surface area contributed by atoms with Crippen LogP contribution >= 0.6 is 0 Å². The number of ether oxygens (including phenoxy) is 1. The van der Waals surface area contributed by atoms with Crippen molar-refractivity contribution in [1.29, 1.82) is 0 Å². The molecule has 0 fully saturated rings. The highest BCUT2D eigenvalue weighted by Gasteiger charge is 2.33. The van der Waals surface area contributed by atoms with Gasteiger partial charge in [0.1, 0.15) is 5.60 Å². The van der Waals surface area contributed by atoms with Crippen LogP contribution in [-0.4, -0.2) is 29.7 Å². The van der Waals surface area contributed by atoms with Crippen LogP contribution in [-0.2, 0) is 9.53 Å². The minimum Gasteiger partial charge on any atom is -0.396 e. The first kappa shape index (κ1) is 17.3. The van der Waals surface area contributed by atoms with Crippen molar-refractivity contribution in [1.82, 2.24) is 0 Å². The topological polar surface area (TPSA) is 46.5 Å². The maximum atomic E-state index is 12.0. The van der Waals surface area contributed by atoms with Gasteiger partial charge in [0.2, 0.25) is 0 Å². The van der Waals surface area contributed by atoms with Crippen molar-refractivity contribution >= 4 is 5.78 Å².